The van der Waals surface area contributed by atoms with Gasteiger partial charge in [-0.15, -0.1) is 0 Å². The van der Waals surface area contributed by atoms with Crippen molar-refractivity contribution >= 4 is 5.69 Å². The highest BCUT2D eigenvalue weighted by molar-refractivity contribution is 5.56. The fourth-order valence-corrected chi connectivity index (χ4v) is 3.30. The Balaban J connectivity index is 1.53. The number of hydrogen-bond donors (Lipinski definition) is 1. The molecular formula is C17H27N3O. The average molecular weight is 289 g/mol. The number of benzene rings is 1. The van der Waals surface area contributed by atoms with Gasteiger partial charge < -0.3 is 15.0 Å². The fourth-order valence-electron chi connectivity index (χ4n) is 3.30. The number of morpholine rings is 1. The molecule has 0 radical (unpaired) electrons. The maximum Gasteiger partial charge on any atom is 0.0632 e. The second kappa shape index (κ2) is 6.77. The molecule has 21 heavy (non-hydrogen) atoms. The molecule has 0 saturated carbocycles. The maximum absolute atomic E-state index is 5.54. The van der Waals surface area contributed by atoms with Gasteiger partial charge in [0.15, 0.2) is 0 Å². The molecule has 2 heterocycles. The predicted molar refractivity (Wildman–Crippen MR) is 87.2 cm³/mol. The number of nitrogens with zero attached hydrogens (tertiary/aromatic N) is 2. The van der Waals surface area contributed by atoms with Crippen LogP contribution in [-0.2, 0) is 4.74 Å². The summed E-state index contributed by atoms with van der Waals surface area (Å²) in [7, 11) is 0. The van der Waals surface area contributed by atoms with Gasteiger partial charge in [-0.25, -0.2) is 0 Å². The first-order valence-electron chi connectivity index (χ1n) is 8.08. The van der Waals surface area contributed by atoms with E-state index in [0.717, 1.165) is 52.5 Å². The van der Waals surface area contributed by atoms with Crippen LogP contribution >= 0.6 is 0 Å². The lowest BCUT2D eigenvalue weighted by molar-refractivity contribution is 0.0610. The summed E-state index contributed by atoms with van der Waals surface area (Å²) in [4.78, 5) is 5.09. The molecule has 0 amide bonds. The smallest absolute Gasteiger partial charge is 0.0632 e. The van der Waals surface area contributed by atoms with Gasteiger partial charge in [-0.1, -0.05) is 12.1 Å². The third-order valence-electron chi connectivity index (χ3n) is 4.77. The molecule has 1 atom stereocenters. The lowest BCUT2D eigenvalue weighted by Gasteiger charge is -2.39. The van der Waals surface area contributed by atoms with Gasteiger partial charge in [0.2, 0.25) is 0 Å². The Morgan fingerprint density at radius 2 is 2.00 bits per heavy atom. The predicted octanol–water partition coefficient (Wildman–Crippen LogP) is 1.41. The van der Waals surface area contributed by atoms with Crippen LogP contribution in [0.3, 0.4) is 0 Å². The summed E-state index contributed by atoms with van der Waals surface area (Å²) in [5, 5.41) is 3.55. The zero-order chi connectivity index (χ0) is 14.7. The minimum absolute atomic E-state index is 0.506. The molecule has 1 aromatic rings. The second-order valence-corrected chi connectivity index (χ2v) is 6.23. The third-order valence-corrected chi connectivity index (χ3v) is 4.77. The van der Waals surface area contributed by atoms with E-state index in [2.05, 4.69) is 47.2 Å². The van der Waals surface area contributed by atoms with Crippen molar-refractivity contribution in [3.05, 3.63) is 29.3 Å². The van der Waals surface area contributed by atoms with Gasteiger partial charge in [0.1, 0.15) is 0 Å². The normalized spacial score (nSPS) is 24.3. The molecule has 2 aliphatic heterocycles. The maximum atomic E-state index is 5.54. The molecule has 3 rings (SSSR count). The lowest BCUT2D eigenvalue weighted by atomic mass is 10.1. The molecule has 1 N–H and O–H groups in total. The van der Waals surface area contributed by atoms with E-state index in [1.54, 1.807) is 0 Å². The highest BCUT2D eigenvalue weighted by atomic mass is 16.5. The molecule has 2 fully saturated rings. The fraction of sp³-hybridized carbons (Fsp3) is 0.647. The summed E-state index contributed by atoms with van der Waals surface area (Å²) in [6, 6.07) is 7.14. The molecule has 0 aromatic heterocycles. The standard InChI is InChI=1S/C17H27N3O/c1-14-4-3-5-17(15(14)2)20-9-7-19(8-10-20)12-16-13-21-11-6-18-16/h3-5,16,18H,6-13H2,1-2H3. The quantitative estimate of drug-likeness (QED) is 0.911. The summed E-state index contributed by atoms with van der Waals surface area (Å²) in [6.45, 7) is 12.8. The Morgan fingerprint density at radius 3 is 2.71 bits per heavy atom. The van der Waals surface area contributed by atoms with Gasteiger partial charge in [-0.3, -0.25) is 4.90 Å². The van der Waals surface area contributed by atoms with Crippen molar-refractivity contribution < 1.29 is 4.74 Å². The van der Waals surface area contributed by atoms with E-state index in [4.69, 9.17) is 4.74 Å². The largest absolute Gasteiger partial charge is 0.378 e. The zero-order valence-electron chi connectivity index (χ0n) is 13.3. The molecule has 0 spiro atoms. The monoisotopic (exact) mass is 289 g/mol. The van der Waals surface area contributed by atoms with E-state index in [0.29, 0.717) is 6.04 Å². The van der Waals surface area contributed by atoms with Crippen molar-refractivity contribution in [2.24, 2.45) is 0 Å². The summed E-state index contributed by atoms with van der Waals surface area (Å²) in [5.74, 6) is 0. The topological polar surface area (TPSA) is 27.7 Å². The number of nitrogens with one attached hydrogen (secondary N) is 1. The van der Waals surface area contributed by atoms with Crippen LogP contribution in [0.5, 0.6) is 0 Å². The van der Waals surface area contributed by atoms with Gasteiger partial charge in [-0.2, -0.15) is 0 Å². The second-order valence-electron chi connectivity index (χ2n) is 6.23. The summed E-state index contributed by atoms with van der Waals surface area (Å²) < 4.78 is 5.54. The van der Waals surface area contributed by atoms with Crippen LogP contribution in [0.15, 0.2) is 18.2 Å². The molecule has 116 valence electrons. The molecule has 0 bridgehead atoms. The zero-order valence-corrected chi connectivity index (χ0v) is 13.3. The Hall–Kier alpha value is -1.10. The number of aryl methyl sites for hydroxylation is 1. The van der Waals surface area contributed by atoms with Crippen LogP contribution in [0.4, 0.5) is 5.69 Å². The van der Waals surface area contributed by atoms with E-state index < -0.39 is 0 Å². The van der Waals surface area contributed by atoms with Crippen molar-refractivity contribution in [2.75, 3.05) is 57.4 Å². The molecule has 4 nitrogen and oxygen atoms in total. The van der Waals surface area contributed by atoms with E-state index in [1.165, 1.54) is 16.8 Å². The number of ether oxygens (including phenoxy) is 1. The first kappa shape index (κ1) is 14.8. The van der Waals surface area contributed by atoms with Crippen molar-refractivity contribution in [3.63, 3.8) is 0 Å². The van der Waals surface area contributed by atoms with Crippen LogP contribution in [-0.4, -0.2) is 63.4 Å². The van der Waals surface area contributed by atoms with E-state index in [-0.39, 0.29) is 0 Å². The SMILES string of the molecule is Cc1cccc(N2CCN(CC3COCCN3)CC2)c1C. The molecule has 4 heteroatoms. The highest BCUT2D eigenvalue weighted by Gasteiger charge is 2.22. The van der Waals surface area contributed by atoms with E-state index >= 15 is 0 Å². The Kier molecular flexibility index (Phi) is 4.78. The van der Waals surface area contributed by atoms with Gasteiger partial charge >= 0.3 is 0 Å². The molecular weight excluding hydrogens is 262 g/mol. The van der Waals surface area contributed by atoms with Crippen molar-refractivity contribution in [1.82, 2.24) is 10.2 Å². The number of piperazine rings is 1. The first-order valence-corrected chi connectivity index (χ1v) is 8.08. The van der Waals surface area contributed by atoms with Crippen LogP contribution in [0.1, 0.15) is 11.1 Å². The van der Waals surface area contributed by atoms with Crippen LogP contribution < -0.4 is 10.2 Å². The number of anilines is 1. The molecule has 2 aliphatic rings. The van der Waals surface area contributed by atoms with Gasteiger partial charge in [0.25, 0.3) is 0 Å². The Bertz CT molecular complexity index is 463. The van der Waals surface area contributed by atoms with Crippen molar-refractivity contribution in [3.8, 4) is 0 Å². The Morgan fingerprint density at radius 1 is 1.19 bits per heavy atom. The van der Waals surface area contributed by atoms with Gasteiger partial charge in [0, 0.05) is 51.0 Å². The lowest BCUT2D eigenvalue weighted by Crippen LogP contribution is -2.53. The first-order chi connectivity index (χ1) is 10.2. The average Bonchev–Trinajstić information content (AvgIpc) is 2.52. The van der Waals surface area contributed by atoms with Crippen molar-refractivity contribution in [2.45, 2.75) is 19.9 Å². The molecule has 1 unspecified atom stereocenters. The summed E-state index contributed by atoms with van der Waals surface area (Å²) >= 11 is 0. The van der Waals surface area contributed by atoms with Gasteiger partial charge in [-0.05, 0) is 31.0 Å². The third kappa shape index (κ3) is 3.57. The summed E-state index contributed by atoms with van der Waals surface area (Å²) in [5.41, 5.74) is 4.22. The van der Waals surface area contributed by atoms with Crippen molar-refractivity contribution in [1.29, 1.82) is 0 Å². The molecule has 2 saturated heterocycles. The molecule has 1 aromatic carbocycles. The van der Waals surface area contributed by atoms with Crippen LogP contribution in [0.25, 0.3) is 0 Å². The minimum Gasteiger partial charge on any atom is -0.378 e. The number of rotatable bonds is 3. The van der Waals surface area contributed by atoms with Crippen LogP contribution in [0, 0.1) is 13.8 Å². The number of hydrogen-bond acceptors (Lipinski definition) is 4. The van der Waals surface area contributed by atoms with E-state index in [1.807, 2.05) is 0 Å². The summed E-state index contributed by atoms with van der Waals surface area (Å²) in [6.07, 6.45) is 0. The highest BCUT2D eigenvalue weighted by Crippen LogP contribution is 2.23. The van der Waals surface area contributed by atoms with Gasteiger partial charge in [0.05, 0.1) is 13.2 Å². The molecule has 0 aliphatic carbocycles. The van der Waals surface area contributed by atoms with E-state index in [9.17, 15) is 0 Å². The minimum atomic E-state index is 0.506. The Labute approximate surface area is 128 Å². The van der Waals surface area contributed by atoms with Crippen LogP contribution in [0.2, 0.25) is 0 Å².